The molecular weight excluding hydrogens is 299 g/mol. The summed E-state index contributed by atoms with van der Waals surface area (Å²) in [5, 5.41) is 6.21. The summed E-state index contributed by atoms with van der Waals surface area (Å²) in [6.45, 7) is 7.46. The average molecular weight is 316 g/mol. The number of thiophene rings is 1. The van der Waals surface area contributed by atoms with Crippen LogP contribution in [0.4, 0.5) is 0 Å². The summed E-state index contributed by atoms with van der Waals surface area (Å²) in [4.78, 5) is 2.47. The van der Waals surface area contributed by atoms with Gasteiger partial charge in [-0.3, -0.25) is 4.90 Å². The van der Waals surface area contributed by atoms with Crippen molar-refractivity contribution in [1.29, 1.82) is 0 Å². The molecular formula is C11H17Cl3N2S. The van der Waals surface area contributed by atoms with E-state index in [1.165, 1.54) is 11.3 Å². The molecule has 0 saturated carbocycles. The second-order valence-electron chi connectivity index (χ2n) is 4.38. The van der Waals surface area contributed by atoms with Gasteiger partial charge in [-0.2, -0.15) is 0 Å². The predicted molar refractivity (Wildman–Crippen MR) is 78.9 cm³/mol. The Labute approximate surface area is 123 Å². The van der Waals surface area contributed by atoms with Gasteiger partial charge in [-0.15, -0.1) is 23.7 Å². The van der Waals surface area contributed by atoms with Crippen LogP contribution in [0.3, 0.4) is 0 Å². The van der Waals surface area contributed by atoms with E-state index in [4.69, 9.17) is 23.2 Å². The molecule has 17 heavy (non-hydrogen) atoms. The third-order valence-corrected chi connectivity index (χ3v) is 5.03. The maximum Gasteiger partial charge on any atom is 0.112 e. The van der Waals surface area contributed by atoms with Crippen molar-refractivity contribution in [3.8, 4) is 0 Å². The summed E-state index contributed by atoms with van der Waals surface area (Å²) >= 11 is 13.6. The molecule has 2 atom stereocenters. The predicted octanol–water partition coefficient (Wildman–Crippen LogP) is 3.66. The van der Waals surface area contributed by atoms with Crippen molar-refractivity contribution in [3.63, 3.8) is 0 Å². The van der Waals surface area contributed by atoms with Gasteiger partial charge in [-0.25, -0.2) is 0 Å². The van der Waals surface area contributed by atoms with Crippen LogP contribution in [-0.4, -0.2) is 30.1 Å². The highest BCUT2D eigenvalue weighted by Gasteiger charge is 2.25. The number of rotatable bonds is 2. The molecule has 1 N–H and O–H groups in total. The van der Waals surface area contributed by atoms with E-state index in [0.29, 0.717) is 16.4 Å². The fourth-order valence-electron chi connectivity index (χ4n) is 2.14. The molecule has 98 valence electrons. The van der Waals surface area contributed by atoms with Crippen molar-refractivity contribution in [1.82, 2.24) is 10.2 Å². The third-order valence-electron chi connectivity index (χ3n) is 3.12. The topological polar surface area (TPSA) is 15.3 Å². The van der Waals surface area contributed by atoms with E-state index in [-0.39, 0.29) is 12.4 Å². The zero-order valence-corrected chi connectivity index (χ0v) is 13.0. The van der Waals surface area contributed by atoms with Crippen LogP contribution in [0.2, 0.25) is 9.36 Å². The quantitative estimate of drug-likeness (QED) is 0.896. The Morgan fingerprint density at radius 1 is 1.35 bits per heavy atom. The maximum atomic E-state index is 6.16. The van der Waals surface area contributed by atoms with E-state index in [1.54, 1.807) is 0 Å². The summed E-state index contributed by atoms with van der Waals surface area (Å²) in [6.07, 6.45) is 0. The smallest absolute Gasteiger partial charge is 0.112 e. The van der Waals surface area contributed by atoms with Crippen molar-refractivity contribution in [2.45, 2.75) is 32.5 Å². The van der Waals surface area contributed by atoms with Crippen LogP contribution in [-0.2, 0) is 6.54 Å². The molecule has 2 nitrogen and oxygen atoms in total. The van der Waals surface area contributed by atoms with Crippen LogP contribution in [0.1, 0.15) is 19.4 Å². The first-order valence-corrected chi connectivity index (χ1v) is 7.11. The molecule has 0 bridgehead atoms. The van der Waals surface area contributed by atoms with E-state index in [0.717, 1.165) is 30.2 Å². The van der Waals surface area contributed by atoms with Gasteiger partial charge in [0.15, 0.2) is 0 Å². The minimum Gasteiger partial charge on any atom is -0.314 e. The lowest BCUT2D eigenvalue weighted by molar-refractivity contribution is 0.109. The molecule has 1 aromatic rings. The lowest BCUT2D eigenvalue weighted by atomic mass is 10.1. The summed E-state index contributed by atoms with van der Waals surface area (Å²) in [6, 6.07) is 1.08. The molecule has 1 fully saturated rings. The molecule has 0 spiro atoms. The van der Waals surface area contributed by atoms with E-state index < -0.39 is 0 Å². The highest BCUT2D eigenvalue weighted by molar-refractivity contribution is 7.15. The van der Waals surface area contributed by atoms with Crippen molar-refractivity contribution >= 4 is 46.9 Å². The van der Waals surface area contributed by atoms with Crippen LogP contribution in [0, 0.1) is 0 Å². The molecule has 0 unspecified atom stereocenters. The van der Waals surface area contributed by atoms with Gasteiger partial charge < -0.3 is 5.32 Å². The van der Waals surface area contributed by atoms with Crippen LogP contribution in [0.25, 0.3) is 0 Å². The summed E-state index contributed by atoms with van der Waals surface area (Å²) in [7, 11) is 0. The fourth-order valence-corrected chi connectivity index (χ4v) is 3.38. The van der Waals surface area contributed by atoms with Gasteiger partial charge in [-0.05, 0) is 24.8 Å². The largest absolute Gasteiger partial charge is 0.314 e. The molecule has 1 aromatic heterocycles. The highest BCUT2D eigenvalue weighted by Crippen LogP contribution is 2.33. The van der Waals surface area contributed by atoms with Crippen LogP contribution >= 0.6 is 46.9 Å². The standard InChI is InChI=1S/C11H16Cl2N2S.ClH/c1-7-3-14-4-8(2)15(7)5-9-6-16-11(13)10(9)12;/h6-8,14H,3-5H2,1-2H3;1H/t7-,8+;. The van der Waals surface area contributed by atoms with Gasteiger partial charge in [-0.1, -0.05) is 23.2 Å². The molecule has 1 aliphatic rings. The Bertz CT molecular complexity index is 360. The molecule has 0 radical (unpaired) electrons. The number of piperazine rings is 1. The normalized spacial score (nSPS) is 25.6. The Morgan fingerprint density at radius 2 is 1.94 bits per heavy atom. The van der Waals surface area contributed by atoms with Crippen molar-refractivity contribution in [3.05, 3.63) is 20.3 Å². The van der Waals surface area contributed by atoms with Gasteiger partial charge in [0.25, 0.3) is 0 Å². The number of hydrogen-bond donors (Lipinski definition) is 1. The van der Waals surface area contributed by atoms with Crippen molar-refractivity contribution in [2.75, 3.05) is 13.1 Å². The van der Waals surface area contributed by atoms with Crippen LogP contribution in [0.15, 0.2) is 5.38 Å². The number of nitrogens with zero attached hydrogens (tertiary/aromatic N) is 1. The van der Waals surface area contributed by atoms with Gasteiger partial charge in [0.2, 0.25) is 0 Å². The van der Waals surface area contributed by atoms with E-state index in [1.807, 2.05) is 0 Å². The molecule has 6 heteroatoms. The highest BCUT2D eigenvalue weighted by atomic mass is 35.5. The lowest BCUT2D eigenvalue weighted by Crippen LogP contribution is -2.54. The number of halogens is 3. The number of hydrogen-bond acceptors (Lipinski definition) is 3. The van der Waals surface area contributed by atoms with Gasteiger partial charge in [0.05, 0.1) is 5.02 Å². The number of nitrogens with one attached hydrogen (secondary N) is 1. The van der Waals surface area contributed by atoms with Gasteiger partial charge in [0.1, 0.15) is 4.34 Å². The lowest BCUT2D eigenvalue weighted by Gasteiger charge is -2.39. The molecule has 0 aromatic carbocycles. The zero-order chi connectivity index (χ0) is 11.7. The summed E-state index contributed by atoms with van der Waals surface area (Å²) < 4.78 is 0.701. The second kappa shape index (κ2) is 6.60. The van der Waals surface area contributed by atoms with Crippen LogP contribution in [0.5, 0.6) is 0 Å². The van der Waals surface area contributed by atoms with E-state index in [9.17, 15) is 0 Å². The average Bonchev–Trinajstić information content (AvgIpc) is 2.55. The minimum atomic E-state index is 0. The van der Waals surface area contributed by atoms with Crippen LogP contribution < -0.4 is 5.32 Å². The van der Waals surface area contributed by atoms with E-state index >= 15 is 0 Å². The first-order chi connectivity index (χ1) is 7.59. The Hall–Kier alpha value is 0.490. The second-order valence-corrected chi connectivity index (χ2v) is 6.24. The minimum absolute atomic E-state index is 0. The zero-order valence-electron chi connectivity index (χ0n) is 9.87. The molecule has 2 heterocycles. The van der Waals surface area contributed by atoms with Gasteiger partial charge in [0, 0.05) is 31.7 Å². The van der Waals surface area contributed by atoms with Crippen molar-refractivity contribution < 1.29 is 0 Å². The first-order valence-electron chi connectivity index (χ1n) is 5.47. The molecule has 1 aliphatic heterocycles. The Morgan fingerprint density at radius 3 is 2.41 bits per heavy atom. The molecule has 2 rings (SSSR count). The Kier molecular flexibility index (Phi) is 6.03. The SMILES string of the molecule is C[C@@H]1CNC[C@H](C)N1Cc1csc(Cl)c1Cl.Cl. The summed E-state index contributed by atoms with van der Waals surface area (Å²) in [5.74, 6) is 0. The van der Waals surface area contributed by atoms with Crippen molar-refractivity contribution in [2.24, 2.45) is 0 Å². The third kappa shape index (κ3) is 3.49. The fraction of sp³-hybridized carbons (Fsp3) is 0.636. The first kappa shape index (κ1) is 15.5. The molecule has 0 amide bonds. The maximum absolute atomic E-state index is 6.16. The molecule has 1 saturated heterocycles. The molecule has 0 aliphatic carbocycles. The van der Waals surface area contributed by atoms with E-state index in [2.05, 4.69) is 29.4 Å². The summed E-state index contributed by atoms with van der Waals surface area (Å²) in [5.41, 5.74) is 1.15. The Balaban J connectivity index is 0.00000144. The monoisotopic (exact) mass is 314 g/mol. The van der Waals surface area contributed by atoms with Gasteiger partial charge >= 0.3 is 0 Å².